The number of carbonyl (C=O) groups is 2. The molecule has 0 aliphatic carbocycles. The fourth-order valence-electron chi connectivity index (χ4n) is 8.43. The van der Waals surface area contributed by atoms with Crippen molar-refractivity contribution < 1.29 is 32.6 Å². The molecule has 7 rings (SSSR count). The molecule has 17 heteroatoms. The number of ether oxygens (including phenoxy) is 1. The van der Waals surface area contributed by atoms with Gasteiger partial charge in [0, 0.05) is 101 Å². The summed E-state index contributed by atoms with van der Waals surface area (Å²) in [6.45, 7) is 10.6. The van der Waals surface area contributed by atoms with Crippen molar-refractivity contribution in [2.24, 2.45) is 5.92 Å². The first-order chi connectivity index (χ1) is 28.7. The molecule has 2 N–H and O–H groups in total. The van der Waals surface area contributed by atoms with Crippen molar-refractivity contribution in [3.05, 3.63) is 59.5 Å². The van der Waals surface area contributed by atoms with E-state index in [4.69, 9.17) is 4.74 Å². The Morgan fingerprint density at radius 2 is 1.68 bits per heavy atom. The minimum atomic E-state index is -4.63. The predicted octanol–water partition coefficient (Wildman–Crippen LogP) is 5.68. The maximum Gasteiger partial charge on any atom is 0.419 e. The first kappa shape index (κ1) is 44.0. The maximum absolute atomic E-state index is 13.9. The third-order valence-corrected chi connectivity index (χ3v) is 12.9. The summed E-state index contributed by atoms with van der Waals surface area (Å²) in [7, 11) is 1.55. The highest BCUT2D eigenvalue weighted by atomic mass is 32.2. The molecular weight excluding hydrogens is 796 g/mol. The lowest BCUT2D eigenvalue weighted by atomic mass is 9.89. The van der Waals surface area contributed by atoms with Gasteiger partial charge in [-0.3, -0.25) is 19.2 Å². The van der Waals surface area contributed by atoms with Crippen LogP contribution in [0.15, 0.2) is 42.9 Å². The second-order valence-electron chi connectivity index (χ2n) is 17.1. The summed E-state index contributed by atoms with van der Waals surface area (Å²) in [5, 5.41) is 17.5. The Morgan fingerprint density at radius 1 is 0.967 bits per heavy atom. The first-order valence-corrected chi connectivity index (χ1v) is 21.8. The number of hydrogen-bond acceptors (Lipinski definition) is 12. The lowest BCUT2D eigenvalue weighted by molar-refractivity contribution is -0.147. The number of alkyl halides is 3. The van der Waals surface area contributed by atoms with E-state index in [2.05, 4.69) is 45.7 Å². The van der Waals surface area contributed by atoms with Gasteiger partial charge >= 0.3 is 6.18 Å². The van der Waals surface area contributed by atoms with Crippen LogP contribution >= 0.6 is 12.1 Å². The monoisotopic (exact) mass is 851 g/mol. The molecule has 4 saturated heterocycles. The van der Waals surface area contributed by atoms with Gasteiger partial charge in [-0.25, -0.2) is 18.6 Å². The number of aliphatic hydroxyl groups is 1. The second-order valence-corrected chi connectivity index (χ2v) is 18.3. The largest absolute Gasteiger partial charge is 0.419 e. The maximum atomic E-state index is 13.9. The molecule has 60 heavy (non-hydrogen) atoms. The Kier molecular flexibility index (Phi) is 14.2. The molecule has 2 aromatic heterocycles. The normalized spacial score (nSPS) is 21.3. The Morgan fingerprint density at radius 3 is 2.38 bits per heavy atom. The highest BCUT2D eigenvalue weighted by Crippen LogP contribution is 2.37. The number of carbonyl (C=O) groups excluding carboxylic acids is 2. The van der Waals surface area contributed by atoms with E-state index < -0.39 is 17.3 Å². The van der Waals surface area contributed by atoms with E-state index >= 15 is 0 Å². The molecule has 4 aliphatic rings. The Balaban J connectivity index is 0.784. The van der Waals surface area contributed by atoms with Crippen molar-refractivity contribution in [2.45, 2.75) is 102 Å². The van der Waals surface area contributed by atoms with Gasteiger partial charge in [0.15, 0.2) is 0 Å². The van der Waals surface area contributed by atoms with Crippen LogP contribution in [0.5, 0.6) is 0 Å². The molecule has 0 radical (unpaired) electrons. The first-order valence-electron chi connectivity index (χ1n) is 21.0. The van der Waals surface area contributed by atoms with Gasteiger partial charge in [-0.05, 0) is 82.4 Å². The quantitative estimate of drug-likeness (QED) is 0.132. The van der Waals surface area contributed by atoms with Gasteiger partial charge in [-0.2, -0.15) is 18.3 Å². The third-order valence-electron chi connectivity index (χ3n) is 11.8. The van der Waals surface area contributed by atoms with Crippen LogP contribution in [-0.4, -0.2) is 132 Å². The molecule has 1 unspecified atom stereocenters. The van der Waals surface area contributed by atoms with Crippen LogP contribution in [0, 0.1) is 17.8 Å². The van der Waals surface area contributed by atoms with E-state index in [9.17, 15) is 27.9 Å². The number of halogens is 3. The number of amides is 2. The number of aromatic nitrogens is 4. The number of piperidine rings is 4. The summed E-state index contributed by atoms with van der Waals surface area (Å²) in [5.41, 5.74) is -0.283. The number of benzene rings is 1. The number of imide groups is 1. The number of hydrogen-bond donors (Lipinski definition) is 2. The molecule has 4 fully saturated rings. The van der Waals surface area contributed by atoms with Crippen molar-refractivity contribution in [3.8, 4) is 23.1 Å². The van der Waals surface area contributed by atoms with Crippen LogP contribution in [0.2, 0.25) is 0 Å². The summed E-state index contributed by atoms with van der Waals surface area (Å²) in [6.07, 6.45) is 6.06. The molecule has 1 atom stereocenters. The van der Waals surface area contributed by atoms with Crippen molar-refractivity contribution in [3.63, 3.8) is 0 Å². The number of rotatable bonds is 12. The van der Waals surface area contributed by atoms with Crippen LogP contribution in [-0.2, 0) is 27.0 Å². The summed E-state index contributed by atoms with van der Waals surface area (Å²) in [4.78, 5) is 36.7. The summed E-state index contributed by atoms with van der Waals surface area (Å²) < 4.78 is 54.2. The van der Waals surface area contributed by atoms with Crippen LogP contribution in [0.1, 0.15) is 87.8 Å². The van der Waals surface area contributed by atoms with Gasteiger partial charge in [-0.1, -0.05) is 24.0 Å². The molecule has 0 spiro atoms. The summed E-state index contributed by atoms with van der Waals surface area (Å²) in [6, 6.07) is 7.77. The molecular formula is C43H56F3N9O4S. The van der Waals surface area contributed by atoms with Gasteiger partial charge in [0.1, 0.15) is 12.2 Å². The van der Waals surface area contributed by atoms with Gasteiger partial charge in [0.25, 0.3) is 0 Å². The smallest absolute Gasteiger partial charge is 0.389 e. The average molecular weight is 852 g/mol. The van der Waals surface area contributed by atoms with Crippen molar-refractivity contribution in [1.82, 2.24) is 38.2 Å². The van der Waals surface area contributed by atoms with Crippen molar-refractivity contribution >= 4 is 29.9 Å². The molecule has 3 aromatic rings. The SMILES string of the molecule is CN1C(=O)CCC(c2cccc(C#CCOC3CCN(CC4CCN(SN5CCC(Nc6ncc(C(F)(F)F)c(-c7cnn(CC(C)(C)O)c7)n6)CC5)CC4)CC3)c2)C1=O. The van der Waals surface area contributed by atoms with E-state index in [-0.39, 0.29) is 53.6 Å². The number of anilines is 1. The molecule has 1 aromatic carbocycles. The molecule has 4 aliphatic heterocycles. The van der Waals surface area contributed by atoms with Crippen LogP contribution in [0.25, 0.3) is 11.3 Å². The van der Waals surface area contributed by atoms with Gasteiger partial charge in [0.2, 0.25) is 17.8 Å². The van der Waals surface area contributed by atoms with E-state index in [1.165, 1.54) is 22.0 Å². The zero-order valence-corrected chi connectivity index (χ0v) is 35.5. The summed E-state index contributed by atoms with van der Waals surface area (Å²) in [5.74, 6) is 6.58. The van der Waals surface area contributed by atoms with Crippen LogP contribution in [0.4, 0.5) is 19.1 Å². The number of nitrogens with one attached hydrogen (secondary N) is 1. The van der Waals surface area contributed by atoms with Crippen LogP contribution in [0.3, 0.4) is 0 Å². The lowest BCUT2D eigenvalue weighted by Crippen LogP contribution is -2.43. The third kappa shape index (κ3) is 11.9. The Labute approximate surface area is 354 Å². The molecule has 0 saturated carbocycles. The summed E-state index contributed by atoms with van der Waals surface area (Å²) >= 11 is 1.81. The van der Waals surface area contributed by atoms with Crippen molar-refractivity contribution in [2.75, 3.05) is 64.8 Å². The number of nitrogens with zero attached hydrogens (tertiary/aromatic N) is 8. The van der Waals surface area contributed by atoms with Gasteiger partial charge < -0.3 is 20.1 Å². The van der Waals surface area contributed by atoms with E-state index in [0.717, 1.165) is 102 Å². The minimum Gasteiger partial charge on any atom is -0.389 e. The average Bonchev–Trinajstić information content (AvgIpc) is 3.67. The molecule has 324 valence electrons. The van der Waals surface area contributed by atoms with E-state index in [1.54, 1.807) is 20.9 Å². The predicted molar refractivity (Wildman–Crippen MR) is 223 cm³/mol. The molecule has 6 heterocycles. The number of likely N-dealkylation sites (tertiary alicyclic amines) is 2. The molecule has 2 amide bonds. The fourth-order valence-corrected chi connectivity index (χ4v) is 9.50. The van der Waals surface area contributed by atoms with Crippen molar-refractivity contribution in [1.29, 1.82) is 0 Å². The van der Waals surface area contributed by atoms with Gasteiger partial charge in [-0.15, -0.1) is 0 Å². The zero-order chi connectivity index (χ0) is 42.4. The Hall–Kier alpha value is -4.05. The highest BCUT2D eigenvalue weighted by Gasteiger charge is 2.37. The molecule has 0 bridgehead atoms. The minimum absolute atomic E-state index is 0.0404. The van der Waals surface area contributed by atoms with E-state index in [0.29, 0.717) is 25.4 Å². The lowest BCUT2D eigenvalue weighted by Gasteiger charge is -2.39. The Bertz CT molecular complexity index is 2010. The topological polar surface area (TPSA) is 132 Å². The van der Waals surface area contributed by atoms with E-state index in [1.807, 2.05) is 36.4 Å². The van der Waals surface area contributed by atoms with Crippen LogP contribution < -0.4 is 5.32 Å². The highest BCUT2D eigenvalue weighted by molar-refractivity contribution is 7.94. The fraction of sp³-hybridized carbons (Fsp3) is 0.605. The second kappa shape index (κ2) is 19.3. The zero-order valence-electron chi connectivity index (χ0n) is 34.7. The van der Waals surface area contributed by atoms with Gasteiger partial charge in [0.05, 0.1) is 36.1 Å². The molecule has 13 nitrogen and oxygen atoms in total. The standard InChI is InChI=1S/C43H56F3N9O4S/c1-42(2,58)29-53-28-33(25-48-53)39-37(43(44,45)46)26-47-41(50-39)49-34-13-21-55(22-14-34)60-54-19-11-31(12-20-54)27-52-17-15-35(16-18-52)59-23-5-7-30-6-4-8-32(24-30)36-9-10-38(56)51(3)40(36)57/h4,6,8,24-26,28,31,34-36,58H,9-23,27,29H2,1-3H3,(H,47,49,50). The number of likely N-dealkylation sites (N-methyl/N-ethyl adjacent to an activating group) is 1.